The minimum atomic E-state index is -3.43. The molecule has 130 valence electrons. The number of aromatic nitrogens is 1. The van der Waals surface area contributed by atoms with Gasteiger partial charge in [0.1, 0.15) is 11.5 Å². The highest BCUT2D eigenvalue weighted by molar-refractivity contribution is 7.92. The number of benzene rings is 1. The molecule has 1 aromatic carbocycles. The fourth-order valence-electron chi connectivity index (χ4n) is 1.97. The third kappa shape index (κ3) is 4.33. The molecule has 2 rings (SSSR count). The molecule has 1 aromatic heterocycles. The number of hydrogen-bond acceptors (Lipinski definition) is 6. The van der Waals surface area contributed by atoms with Gasteiger partial charge in [0.2, 0.25) is 5.91 Å². The molecule has 1 amide bonds. The summed E-state index contributed by atoms with van der Waals surface area (Å²) in [6.45, 7) is 5.01. The van der Waals surface area contributed by atoms with Crippen molar-refractivity contribution < 1.29 is 17.9 Å². The molecule has 0 unspecified atom stereocenters. The average molecular weight is 368 g/mol. The number of anilines is 1. The topological polar surface area (TPSA) is 85.4 Å². The van der Waals surface area contributed by atoms with Gasteiger partial charge < -0.3 is 10.1 Å². The molecule has 0 fully saturated rings. The van der Waals surface area contributed by atoms with Crippen LogP contribution in [-0.4, -0.2) is 37.4 Å². The van der Waals surface area contributed by atoms with Crippen molar-refractivity contribution in [2.75, 3.05) is 18.2 Å². The van der Waals surface area contributed by atoms with Crippen molar-refractivity contribution in [3.8, 4) is 17.0 Å². The van der Waals surface area contributed by atoms with Crippen molar-refractivity contribution in [1.29, 1.82) is 0 Å². The fraction of sp³-hybridized carbons (Fsp3) is 0.375. The van der Waals surface area contributed by atoms with Gasteiger partial charge in [0.05, 0.1) is 18.1 Å². The van der Waals surface area contributed by atoms with Gasteiger partial charge in [-0.2, -0.15) is 0 Å². The zero-order valence-electron chi connectivity index (χ0n) is 14.0. The van der Waals surface area contributed by atoms with E-state index in [0.717, 1.165) is 21.9 Å². The monoisotopic (exact) mass is 368 g/mol. The first kappa shape index (κ1) is 18.4. The van der Waals surface area contributed by atoms with E-state index >= 15 is 0 Å². The second-order valence-corrected chi connectivity index (χ2v) is 9.32. The molecule has 24 heavy (non-hydrogen) atoms. The van der Waals surface area contributed by atoms with E-state index in [1.807, 2.05) is 31.2 Å². The molecule has 1 N–H and O–H groups in total. The molecule has 0 saturated heterocycles. The number of thiazole rings is 1. The summed E-state index contributed by atoms with van der Waals surface area (Å²) in [5.41, 5.74) is 1.66. The molecule has 0 saturated carbocycles. The van der Waals surface area contributed by atoms with Crippen molar-refractivity contribution in [2.24, 2.45) is 0 Å². The van der Waals surface area contributed by atoms with Gasteiger partial charge in [0.15, 0.2) is 15.0 Å². The Morgan fingerprint density at radius 3 is 2.46 bits per heavy atom. The van der Waals surface area contributed by atoms with Crippen LogP contribution in [0.1, 0.15) is 18.7 Å². The van der Waals surface area contributed by atoms with Crippen LogP contribution in [0.15, 0.2) is 24.3 Å². The molecule has 0 bridgehead atoms. The van der Waals surface area contributed by atoms with Gasteiger partial charge in [-0.15, -0.1) is 11.3 Å². The number of sulfone groups is 1. The number of nitrogens with zero attached hydrogens (tertiary/aromatic N) is 1. The third-order valence-electron chi connectivity index (χ3n) is 3.46. The van der Waals surface area contributed by atoms with Crippen LogP contribution in [0, 0.1) is 6.92 Å². The van der Waals surface area contributed by atoms with E-state index in [1.54, 1.807) is 21.0 Å². The van der Waals surface area contributed by atoms with Crippen molar-refractivity contribution in [3.63, 3.8) is 0 Å². The van der Waals surface area contributed by atoms with Crippen LogP contribution < -0.4 is 10.1 Å². The fourth-order valence-corrected chi connectivity index (χ4v) is 3.59. The predicted molar refractivity (Wildman–Crippen MR) is 96.4 cm³/mol. The Bertz CT molecular complexity index is 824. The van der Waals surface area contributed by atoms with Crippen LogP contribution in [0.5, 0.6) is 5.75 Å². The zero-order valence-corrected chi connectivity index (χ0v) is 15.6. The standard InChI is InChI=1S/C16H20N2O4S2/c1-10(2)24(20,21)9-14(19)17-16-18-15(11(3)23-16)12-5-7-13(22-4)8-6-12/h5-8,10H,9H2,1-4H3,(H,17,18,19). The first-order chi connectivity index (χ1) is 11.2. The van der Waals surface area contributed by atoms with E-state index < -0.39 is 26.7 Å². The van der Waals surface area contributed by atoms with Crippen LogP contribution in [0.25, 0.3) is 11.3 Å². The molecule has 0 aliphatic rings. The van der Waals surface area contributed by atoms with Gasteiger partial charge in [-0.1, -0.05) is 0 Å². The molecular formula is C16H20N2O4S2. The van der Waals surface area contributed by atoms with Crippen molar-refractivity contribution in [1.82, 2.24) is 4.98 Å². The number of aryl methyl sites for hydroxylation is 1. The number of ether oxygens (including phenoxy) is 1. The summed E-state index contributed by atoms with van der Waals surface area (Å²) in [5, 5.41) is 2.38. The minimum absolute atomic E-state index is 0.391. The van der Waals surface area contributed by atoms with Crippen LogP contribution in [0.4, 0.5) is 5.13 Å². The second kappa shape index (κ2) is 7.31. The highest BCUT2D eigenvalue weighted by Gasteiger charge is 2.21. The van der Waals surface area contributed by atoms with E-state index in [-0.39, 0.29) is 0 Å². The number of methoxy groups -OCH3 is 1. The maximum atomic E-state index is 11.9. The van der Waals surface area contributed by atoms with E-state index in [2.05, 4.69) is 10.3 Å². The summed E-state index contributed by atoms with van der Waals surface area (Å²) in [6, 6.07) is 7.44. The lowest BCUT2D eigenvalue weighted by atomic mass is 10.1. The number of carbonyl (C=O) groups is 1. The Labute approximate surface area is 145 Å². The molecule has 8 heteroatoms. The number of amides is 1. The van der Waals surface area contributed by atoms with Gasteiger partial charge in [0.25, 0.3) is 0 Å². The largest absolute Gasteiger partial charge is 0.497 e. The van der Waals surface area contributed by atoms with Crippen LogP contribution in [-0.2, 0) is 14.6 Å². The van der Waals surface area contributed by atoms with Crippen LogP contribution in [0.2, 0.25) is 0 Å². The number of hydrogen-bond donors (Lipinski definition) is 1. The Balaban J connectivity index is 2.15. The molecular weight excluding hydrogens is 348 g/mol. The molecule has 0 aliphatic carbocycles. The Hall–Kier alpha value is -1.93. The zero-order chi connectivity index (χ0) is 17.9. The third-order valence-corrected chi connectivity index (χ3v) is 6.44. The maximum Gasteiger partial charge on any atom is 0.241 e. The molecule has 2 aromatic rings. The molecule has 6 nitrogen and oxygen atoms in total. The number of rotatable bonds is 6. The van der Waals surface area contributed by atoms with E-state index in [9.17, 15) is 13.2 Å². The molecule has 1 heterocycles. The highest BCUT2D eigenvalue weighted by atomic mass is 32.2. The highest BCUT2D eigenvalue weighted by Crippen LogP contribution is 2.31. The smallest absolute Gasteiger partial charge is 0.241 e. The predicted octanol–water partition coefficient (Wildman–Crippen LogP) is 2.89. The van der Waals surface area contributed by atoms with Gasteiger partial charge in [-0.05, 0) is 45.0 Å². The molecule has 0 spiro atoms. The maximum absolute atomic E-state index is 11.9. The molecule has 0 radical (unpaired) electrons. The van der Waals surface area contributed by atoms with Crippen LogP contribution in [0.3, 0.4) is 0 Å². The summed E-state index contributed by atoms with van der Waals surface area (Å²) >= 11 is 1.31. The van der Waals surface area contributed by atoms with Crippen molar-refractivity contribution in [2.45, 2.75) is 26.0 Å². The molecule has 0 aliphatic heterocycles. The number of nitrogens with one attached hydrogen (secondary N) is 1. The van der Waals surface area contributed by atoms with Gasteiger partial charge in [0, 0.05) is 10.4 Å². The average Bonchev–Trinajstić information content (AvgIpc) is 2.87. The Morgan fingerprint density at radius 2 is 1.92 bits per heavy atom. The SMILES string of the molecule is COc1ccc(-c2nc(NC(=O)CS(=O)(=O)C(C)C)sc2C)cc1. The first-order valence-electron chi connectivity index (χ1n) is 7.36. The van der Waals surface area contributed by atoms with Crippen molar-refractivity contribution >= 4 is 32.2 Å². The van der Waals surface area contributed by atoms with E-state index in [0.29, 0.717) is 5.13 Å². The summed E-state index contributed by atoms with van der Waals surface area (Å²) < 4.78 is 28.7. The van der Waals surface area contributed by atoms with Crippen LogP contribution >= 0.6 is 11.3 Å². The number of carbonyl (C=O) groups excluding carboxylic acids is 1. The normalized spacial score (nSPS) is 11.5. The summed E-state index contributed by atoms with van der Waals surface area (Å²) in [5.74, 6) is -0.362. The Morgan fingerprint density at radius 1 is 1.29 bits per heavy atom. The lowest BCUT2D eigenvalue weighted by molar-refractivity contribution is -0.113. The van der Waals surface area contributed by atoms with E-state index in [1.165, 1.54) is 11.3 Å². The minimum Gasteiger partial charge on any atom is -0.497 e. The summed E-state index contributed by atoms with van der Waals surface area (Å²) in [7, 11) is -1.83. The van der Waals surface area contributed by atoms with Gasteiger partial charge >= 0.3 is 0 Å². The summed E-state index contributed by atoms with van der Waals surface area (Å²) in [6.07, 6.45) is 0. The van der Waals surface area contributed by atoms with Gasteiger partial charge in [-0.3, -0.25) is 4.79 Å². The molecule has 0 atom stereocenters. The first-order valence-corrected chi connectivity index (χ1v) is 9.89. The van der Waals surface area contributed by atoms with E-state index in [4.69, 9.17) is 4.74 Å². The lowest BCUT2D eigenvalue weighted by Crippen LogP contribution is -2.27. The second-order valence-electron chi connectivity index (χ2n) is 5.56. The quantitative estimate of drug-likeness (QED) is 0.847. The lowest BCUT2D eigenvalue weighted by Gasteiger charge is -2.06. The van der Waals surface area contributed by atoms with Crippen molar-refractivity contribution in [3.05, 3.63) is 29.1 Å². The van der Waals surface area contributed by atoms with Gasteiger partial charge in [-0.25, -0.2) is 13.4 Å². The Kier molecular flexibility index (Phi) is 5.61. The summed E-state index contributed by atoms with van der Waals surface area (Å²) in [4.78, 5) is 17.3.